The second-order valence-corrected chi connectivity index (χ2v) is 5.78. The summed E-state index contributed by atoms with van der Waals surface area (Å²) >= 11 is 5.88. The van der Waals surface area contributed by atoms with Crippen LogP contribution >= 0.6 is 11.6 Å². The van der Waals surface area contributed by atoms with E-state index in [0.717, 1.165) is 18.5 Å². The number of benzene rings is 1. The molecule has 1 aliphatic heterocycles. The molecule has 0 radical (unpaired) electrons. The number of halogens is 1. The second-order valence-electron chi connectivity index (χ2n) is 5.35. The number of rotatable bonds is 4. The molecule has 2 N–H and O–H groups in total. The minimum atomic E-state index is -0.470. The number of hydrogen-bond donors (Lipinski definition) is 2. The monoisotopic (exact) mass is 290 g/mol. The summed E-state index contributed by atoms with van der Waals surface area (Å²) in [6.45, 7) is 1.69. The molecule has 1 aromatic heterocycles. The van der Waals surface area contributed by atoms with Crippen molar-refractivity contribution in [1.82, 2.24) is 9.88 Å². The Morgan fingerprint density at radius 3 is 2.80 bits per heavy atom. The van der Waals surface area contributed by atoms with Gasteiger partial charge in [0.1, 0.15) is 0 Å². The molecule has 3 nitrogen and oxygen atoms in total. The molecule has 1 saturated heterocycles. The van der Waals surface area contributed by atoms with Gasteiger partial charge in [-0.3, -0.25) is 4.90 Å². The Morgan fingerprint density at radius 2 is 2.10 bits per heavy atom. The Morgan fingerprint density at radius 1 is 1.30 bits per heavy atom. The molecule has 1 aromatic carbocycles. The van der Waals surface area contributed by atoms with Crippen LogP contribution in [0, 0.1) is 0 Å². The van der Waals surface area contributed by atoms with Crippen molar-refractivity contribution >= 4 is 11.6 Å². The van der Waals surface area contributed by atoms with E-state index in [9.17, 15) is 5.11 Å². The Kier molecular flexibility index (Phi) is 4.10. The average Bonchev–Trinajstić information content (AvgIpc) is 3.09. The lowest BCUT2D eigenvalue weighted by Crippen LogP contribution is -2.28. The number of H-pyrrole nitrogens is 1. The molecule has 2 heterocycles. The van der Waals surface area contributed by atoms with Crippen molar-refractivity contribution in [2.45, 2.75) is 25.0 Å². The van der Waals surface area contributed by atoms with Crippen LogP contribution in [0.5, 0.6) is 0 Å². The highest BCUT2D eigenvalue weighted by atomic mass is 35.5. The first kappa shape index (κ1) is 13.7. The zero-order chi connectivity index (χ0) is 13.9. The van der Waals surface area contributed by atoms with Gasteiger partial charge in [-0.1, -0.05) is 23.7 Å². The van der Waals surface area contributed by atoms with E-state index in [2.05, 4.69) is 16.0 Å². The van der Waals surface area contributed by atoms with Crippen LogP contribution in [0.2, 0.25) is 5.02 Å². The van der Waals surface area contributed by atoms with Crippen LogP contribution in [-0.4, -0.2) is 28.1 Å². The van der Waals surface area contributed by atoms with Gasteiger partial charge in [0.15, 0.2) is 0 Å². The van der Waals surface area contributed by atoms with Crippen molar-refractivity contribution in [2.24, 2.45) is 0 Å². The van der Waals surface area contributed by atoms with Crippen LogP contribution in [0.25, 0.3) is 0 Å². The van der Waals surface area contributed by atoms with Gasteiger partial charge in [0.05, 0.1) is 6.10 Å². The zero-order valence-electron chi connectivity index (χ0n) is 11.3. The van der Waals surface area contributed by atoms with Crippen LogP contribution in [0.3, 0.4) is 0 Å². The van der Waals surface area contributed by atoms with E-state index in [-0.39, 0.29) is 0 Å². The van der Waals surface area contributed by atoms with Crippen LogP contribution in [-0.2, 0) is 0 Å². The fourth-order valence-electron chi connectivity index (χ4n) is 2.96. The Hall–Kier alpha value is -1.29. The van der Waals surface area contributed by atoms with Gasteiger partial charge in [-0.15, -0.1) is 0 Å². The normalized spacial score (nSPS) is 21.2. The minimum Gasteiger partial charge on any atom is -0.387 e. The fraction of sp³-hybridized carbons (Fsp3) is 0.375. The van der Waals surface area contributed by atoms with Crippen molar-refractivity contribution in [3.05, 3.63) is 58.9 Å². The predicted octanol–water partition coefficient (Wildman–Crippen LogP) is 3.54. The molecule has 3 rings (SSSR count). The molecule has 106 valence electrons. The third-order valence-electron chi connectivity index (χ3n) is 4.01. The molecule has 20 heavy (non-hydrogen) atoms. The number of β-amino-alcohol motifs (C(OH)–C–C–N with tert-alkyl or cyclic N) is 1. The highest BCUT2D eigenvalue weighted by molar-refractivity contribution is 6.30. The van der Waals surface area contributed by atoms with Crippen molar-refractivity contribution in [1.29, 1.82) is 0 Å². The first-order chi connectivity index (χ1) is 9.74. The van der Waals surface area contributed by atoms with Gasteiger partial charge in [0.25, 0.3) is 0 Å². The van der Waals surface area contributed by atoms with Crippen LogP contribution in [0.15, 0.2) is 42.6 Å². The van der Waals surface area contributed by atoms with Gasteiger partial charge < -0.3 is 10.1 Å². The number of hydrogen-bond acceptors (Lipinski definition) is 2. The van der Waals surface area contributed by atoms with Gasteiger partial charge in [0.2, 0.25) is 0 Å². The molecule has 4 heteroatoms. The number of aromatic nitrogens is 1. The van der Waals surface area contributed by atoms with Crippen molar-refractivity contribution < 1.29 is 5.11 Å². The molecule has 0 amide bonds. The molecule has 0 spiro atoms. The lowest BCUT2D eigenvalue weighted by molar-refractivity contribution is 0.105. The second kappa shape index (κ2) is 6.00. The molecular weight excluding hydrogens is 272 g/mol. The quantitative estimate of drug-likeness (QED) is 0.904. The summed E-state index contributed by atoms with van der Waals surface area (Å²) in [6, 6.07) is 12.0. The summed E-state index contributed by atoms with van der Waals surface area (Å²) in [6.07, 6.45) is 3.81. The topological polar surface area (TPSA) is 39.3 Å². The van der Waals surface area contributed by atoms with E-state index in [1.165, 1.54) is 12.1 Å². The fourth-order valence-corrected chi connectivity index (χ4v) is 3.09. The Balaban J connectivity index is 1.68. The summed E-state index contributed by atoms with van der Waals surface area (Å²) in [4.78, 5) is 5.64. The van der Waals surface area contributed by atoms with Crippen molar-refractivity contribution in [2.75, 3.05) is 13.1 Å². The van der Waals surface area contributed by atoms with Crippen LogP contribution < -0.4 is 0 Å². The van der Waals surface area contributed by atoms with E-state index < -0.39 is 6.10 Å². The molecule has 0 saturated carbocycles. The minimum absolute atomic E-state index is 0.395. The summed E-state index contributed by atoms with van der Waals surface area (Å²) in [7, 11) is 0. The SMILES string of the molecule is OC(CN1CCCC1c1ccc[nH]1)c1ccc(Cl)cc1. The number of nitrogens with zero attached hydrogens (tertiary/aromatic N) is 1. The molecule has 2 atom stereocenters. The summed E-state index contributed by atoms with van der Waals surface area (Å²) in [5, 5.41) is 11.1. The van der Waals surface area contributed by atoms with E-state index >= 15 is 0 Å². The highest BCUT2D eigenvalue weighted by Crippen LogP contribution is 2.32. The maximum absolute atomic E-state index is 10.4. The summed E-state index contributed by atoms with van der Waals surface area (Å²) in [5.41, 5.74) is 2.16. The molecule has 2 aromatic rings. The first-order valence-corrected chi connectivity index (χ1v) is 7.43. The number of aliphatic hydroxyl groups excluding tert-OH is 1. The largest absolute Gasteiger partial charge is 0.387 e. The number of nitrogens with one attached hydrogen (secondary N) is 1. The van der Waals surface area contributed by atoms with Crippen LogP contribution in [0.1, 0.15) is 36.2 Å². The van der Waals surface area contributed by atoms with E-state index in [4.69, 9.17) is 11.6 Å². The molecule has 1 aliphatic rings. The number of aromatic amines is 1. The number of likely N-dealkylation sites (tertiary alicyclic amines) is 1. The van der Waals surface area contributed by atoms with E-state index in [0.29, 0.717) is 17.6 Å². The third kappa shape index (κ3) is 2.90. The Bertz CT molecular complexity index is 538. The number of aliphatic hydroxyl groups is 1. The zero-order valence-corrected chi connectivity index (χ0v) is 12.1. The van der Waals surface area contributed by atoms with Gasteiger partial charge in [-0.25, -0.2) is 0 Å². The predicted molar refractivity (Wildman–Crippen MR) is 80.8 cm³/mol. The molecular formula is C16H19ClN2O. The van der Waals surface area contributed by atoms with E-state index in [1.54, 1.807) is 0 Å². The van der Waals surface area contributed by atoms with Crippen molar-refractivity contribution in [3.63, 3.8) is 0 Å². The van der Waals surface area contributed by atoms with Gasteiger partial charge in [-0.05, 0) is 49.2 Å². The molecule has 2 unspecified atom stereocenters. The summed E-state index contributed by atoms with van der Waals surface area (Å²) < 4.78 is 0. The molecule has 0 aliphatic carbocycles. The van der Waals surface area contributed by atoms with Gasteiger partial charge in [-0.2, -0.15) is 0 Å². The van der Waals surface area contributed by atoms with Gasteiger partial charge >= 0.3 is 0 Å². The lowest BCUT2D eigenvalue weighted by atomic mass is 10.1. The smallest absolute Gasteiger partial charge is 0.0917 e. The lowest BCUT2D eigenvalue weighted by Gasteiger charge is -2.26. The Labute approximate surface area is 124 Å². The molecule has 0 bridgehead atoms. The maximum atomic E-state index is 10.4. The summed E-state index contributed by atoms with van der Waals surface area (Å²) in [5.74, 6) is 0. The van der Waals surface area contributed by atoms with E-state index in [1.807, 2.05) is 36.5 Å². The average molecular weight is 291 g/mol. The van der Waals surface area contributed by atoms with Crippen LogP contribution in [0.4, 0.5) is 0 Å². The van der Waals surface area contributed by atoms with Gasteiger partial charge in [0, 0.05) is 29.5 Å². The molecule has 1 fully saturated rings. The highest BCUT2D eigenvalue weighted by Gasteiger charge is 2.28. The third-order valence-corrected chi connectivity index (χ3v) is 4.26. The first-order valence-electron chi connectivity index (χ1n) is 7.05. The van der Waals surface area contributed by atoms with Crippen molar-refractivity contribution in [3.8, 4) is 0 Å². The maximum Gasteiger partial charge on any atom is 0.0917 e. The standard InChI is InChI=1S/C16H19ClN2O/c17-13-7-5-12(6-8-13)16(20)11-19-10-2-4-15(19)14-3-1-9-18-14/h1,3,5-9,15-16,18,20H,2,4,10-11H2.